The van der Waals surface area contributed by atoms with Crippen molar-refractivity contribution in [3.63, 3.8) is 0 Å². The molecule has 116 valence electrons. The lowest BCUT2D eigenvalue weighted by Crippen LogP contribution is -2.52. The predicted octanol–water partition coefficient (Wildman–Crippen LogP) is 1.44. The van der Waals surface area contributed by atoms with Crippen LogP contribution in [0.5, 0.6) is 0 Å². The van der Waals surface area contributed by atoms with E-state index in [4.69, 9.17) is 4.74 Å². The Labute approximate surface area is 125 Å². The first-order valence-electron chi connectivity index (χ1n) is 6.81. The highest BCUT2D eigenvalue weighted by molar-refractivity contribution is 7.89. The van der Waals surface area contributed by atoms with Crippen molar-refractivity contribution in [1.29, 1.82) is 0 Å². The summed E-state index contributed by atoms with van der Waals surface area (Å²) in [4.78, 5) is 11.2. The Bertz CT molecular complexity index is 602. The lowest BCUT2D eigenvalue weighted by atomic mass is 10.2. The van der Waals surface area contributed by atoms with E-state index in [1.165, 1.54) is 23.4 Å². The second-order valence-corrected chi connectivity index (χ2v) is 7.12. The highest BCUT2D eigenvalue weighted by Crippen LogP contribution is 2.25. The van der Waals surface area contributed by atoms with Crippen LogP contribution in [0.15, 0.2) is 29.2 Å². The van der Waals surface area contributed by atoms with Crippen molar-refractivity contribution in [2.75, 3.05) is 18.5 Å². The van der Waals surface area contributed by atoms with Gasteiger partial charge >= 0.3 is 0 Å². The number of rotatable bonds is 3. The Hall–Kier alpha value is -1.44. The molecule has 1 aliphatic rings. The van der Waals surface area contributed by atoms with Gasteiger partial charge in [-0.25, -0.2) is 8.42 Å². The fourth-order valence-electron chi connectivity index (χ4n) is 2.50. The molecular weight excluding hydrogens is 292 g/mol. The van der Waals surface area contributed by atoms with E-state index in [0.29, 0.717) is 18.9 Å². The van der Waals surface area contributed by atoms with Crippen LogP contribution < -0.4 is 5.32 Å². The molecule has 7 heteroatoms. The highest BCUT2D eigenvalue weighted by atomic mass is 32.2. The number of morpholine rings is 1. The van der Waals surface area contributed by atoms with Crippen molar-refractivity contribution in [3.8, 4) is 0 Å². The molecule has 0 spiro atoms. The van der Waals surface area contributed by atoms with Crippen LogP contribution in [-0.4, -0.2) is 43.9 Å². The molecule has 0 saturated carbocycles. The number of benzene rings is 1. The van der Waals surface area contributed by atoms with Crippen LogP contribution in [0.4, 0.5) is 5.69 Å². The Kier molecular flexibility index (Phi) is 4.65. The molecule has 0 bridgehead atoms. The third-order valence-electron chi connectivity index (χ3n) is 3.34. The summed E-state index contributed by atoms with van der Waals surface area (Å²) in [5, 5.41) is 2.61. The smallest absolute Gasteiger partial charge is 0.243 e. The van der Waals surface area contributed by atoms with E-state index in [-0.39, 0.29) is 22.9 Å². The molecule has 2 atom stereocenters. The zero-order chi connectivity index (χ0) is 15.6. The number of sulfonamides is 1. The Morgan fingerprint density at radius 1 is 1.19 bits per heavy atom. The lowest BCUT2D eigenvalue weighted by Gasteiger charge is -2.37. The fraction of sp³-hybridized carbons (Fsp3) is 0.500. The van der Waals surface area contributed by atoms with Gasteiger partial charge in [0.15, 0.2) is 0 Å². The number of amides is 1. The fourth-order valence-corrected chi connectivity index (χ4v) is 4.29. The number of hydrogen-bond donors (Lipinski definition) is 1. The van der Waals surface area contributed by atoms with Gasteiger partial charge in [0.05, 0.1) is 18.1 Å². The second kappa shape index (κ2) is 6.13. The third-order valence-corrected chi connectivity index (χ3v) is 5.48. The summed E-state index contributed by atoms with van der Waals surface area (Å²) >= 11 is 0. The molecule has 1 heterocycles. The van der Waals surface area contributed by atoms with Gasteiger partial charge in [-0.2, -0.15) is 4.31 Å². The van der Waals surface area contributed by atoms with Gasteiger partial charge in [0.2, 0.25) is 15.9 Å². The zero-order valence-electron chi connectivity index (χ0n) is 12.4. The summed E-state index contributed by atoms with van der Waals surface area (Å²) in [6.07, 6.45) is 0. The quantitative estimate of drug-likeness (QED) is 0.916. The van der Waals surface area contributed by atoms with E-state index >= 15 is 0 Å². The van der Waals surface area contributed by atoms with Gasteiger partial charge in [0.25, 0.3) is 0 Å². The number of hydrogen-bond acceptors (Lipinski definition) is 4. The van der Waals surface area contributed by atoms with Gasteiger partial charge in [-0.3, -0.25) is 4.79 Å². The Balaban J connectivity index is 2.28. The minimum atomic E-state index is -3.57. The number of carbonyl (C=O) groups excluding carboxylic acids is 1. The van der Waals surface area contributed by atoms with Crippen LogP contribution in [0.25, 0.3) is 0 Å². The van der Waals surface area contributed by atoms with E-state index in [2.05, 4.69) is 5.32 Å². The van der Waals surface area contributed by atoms with Crippen molar-refractivity contribution in [1.82, 2.24) is 4.31 Å². The summed E-state index contributed by atoms with van der Waals surface area (Å²) in [7, 11) is -3.57. The van der Waals surface area contributed by atoms with Crippen molar-refractivity contribution in [2.24, 2.45) is 0 Å². The first-order chi connectivity index (χ1) is 9.82. The number of nitrogens with one attached hydrogen (secondary N) is 1. The topological polar surface area (TPSA) is 75.7 Å². The van der Waals surface area contributed by atoms with Gasteiger partial charge in [-0.15, -0.1) is 0 Å². The van der Waals surface area contributed by atoms with Crippen molar-refractivity contribution in [3.05, 3.63) is 24.3 Å². The maximum atomic E-state index is 12.7. The van der Waals surface area contributed by atoms with Crippen LogP contribution in [0.1, 0.15) is 20.8 Å². The maximum absolute atomic E-state index is 12.7. The molecule has 2 rings (SSSR count). The van der Waals surface area contributed by atoms with Gasteiger partial charge in [-0.1, -0.05) is 0 Å². The first-order valence-corrected chi connectivity index (χ1v) is 8.25. The van der Waals surface area contributed by atoms with Crippen LogP contribution in [-0.2, 0) is 19.6 Å². The normalized spacial score (nSPS) is 23.8. The van der Waals surface area contributed by atoms with Crippen LogP contribution >= 0.6 is 0 Å². The summed E-state index contributed by atoms with van der Waals surface area (Å²) < 4.78 is 32.3. The molecular formula is C14H20N2O4S. The molecule has 1 fully saturated rings. The lowest BCUT2D eigenvalue weighted by molar-refractivity contribution is -0.114. The average molecular weight is 312 g/mol. The molecule has 0 aromatic heterocycles. The van der Waals surface area contributed by atoms with Crippen molar-refractivity contribution in [2.45, 2.75) is 37.8 Å². The molecule has 21 heavy (non-hydrogen) atoms. The van der Waals surface area contributed by atoms with Crippen molar-refractivity contribution < 1.29 is 17.9 Å². The summed E-state index contributed by atoms with van der Waals surface area (Å²) in [5.74, 6) is -0.193. The number of anilines is 1. The molecule has 1 saturated heterocycles. The number of nitrogens with zero attached hydrogens (tertiary/aromatic N) is 1. The standard InChI is InChI=1S/C14H20N2O4S/c1-10-8-20-9-11(2)16(10)21(18,19)14-6-4-13(5-7-14)15-12(3)17/h4-7,10-11H,8-9H2,1-3H3,(H,15,17). The summed E-state index contributed by atoms with van der Waals surface area (Å²) in [6.45, 7) is 5.86. The van der Waals surface area contributed by atoms with E-state index in [9.17, 15) is 13.2 Å². The molecule has 1 N–H and O–H groups in total. The van der Waals surface area contributed by atoms with Gasteiger partial charge in [0.1, 0.15) is 0 Å². The average Bonchev–Trinajstić information content (AvgIpc) is 2.38. The minimum Gasteiger partial charge on any atom is -0.378 e. The monoisotopic (exact) mass is 312 g/mol. The number of carbonyl (C=O) groups is 1. The highest BCUT2D eigenvalue weighted by Gasteiger charge is 2.36. The Morgan fingerprint density at radius 3 is 2.19 bits per heavy atom. The van der Waals surface area contributed by atoms with E-state index < -0.39 is 10.0 Å². The van der Waals surface area contributed by atoms with Crippen molar-refractivity contribution >= 4 is 21.6 Å². The molecule has 1 aromatic rings. The van der Waals surface area contributed by atoms with E-state index in [1.54, 1.807) is 12.1 Å². The largest absolute Gasteiger partial charge is 0.378 e. The number of ether oxygens (including phenoxy) is 1. The molecule has 1 aliphatic heterocycles. The van der Waals surface area contributed by atoms with Gasteiger partial charge < -0.3 is 10.1 Å². The summed E-state index contributed by atoms with van der Waals surface area (Å²) in [6, 6.07) is 5.79. The van der Waals surface area contributed by atoms with Crippen LogP contribution in [0.3, 0.4) is 0 Å². The van der Waals surface area contributed by atoms with Crippen LogP contribution in [0, 0.1) is 0 Å². The van der Waals surface area contributed by atoms with Gasteiger partial charge in [-0.05, 0) is 38.1 Å². The van der Waals surface area contributed by atoms with E-state index in [0.717, 1.165) is 0 Å². The molecule has 0 radical (unpaired) electrons. The molecule has 0 aliphatic carbocycles. The maximum Gasteiger partial charge on any atom is 0.243 e. The van der Waals surface area contributed by atoms with E-state index in [1.807, 2.05) is 13.8 Å². The second-order valence-electron chi connectivity index (χ2n) is 5.28. The van der Waals surface area contributed by atoms with Crippen LogP contribution in [0.2, 0.25) is 0 Å². The third kappa shape index (κ3) is 3.42. The summed E-state index contributed by atoms with van der Waals surface area (Å²) in [5.41, 5.74) is 0.574. The predicted molar refractivity (Wildman–Crippen MR) is 79.5 cm³/mol. The molecule has 2 unspecified atom stereocenters. The molecule has 1 amide bonds. The van der Waals surface area contributed by atoms with Gasteiger partial charge in [0, 0.05) is 24.7 Å². The minimum absolute atomic E-state index is 0.193. The first kappa shape index (κ1) is 15.9. The molecule has 1 aromatic carbocycles. The zero-order valence-corrected chi connectivity index (χ0v) is 13.2. The SMILES string of the molecule is CC(=O)Nc1ccc(S(=O)(=O)N2C(C)COCC2C)cc1. The molecule has 6 nitrogen and oxygen atoms in total. The Morgan fingerprint density at radius 2 is 1.71 bits per heavy atom.